The largest absolute Gasteiger partial charge is 0.309 e. The van der Waals surface area contributed by atoms with E-state index in [9.17, 15) is 0 Å². The second kappa shape index (κ2) is 16.6. The third-order valence-corrected chi connectivity index (χ3v) is 13.6. The molecule has 70 heavy (non-hydrogen) atoms. The molecule has 0 aliphatic rings. The van der Waals surface area contributed by atoms with Gasteiger partial charge in [0.25, 0.3) is 0 Å². The summed E-state index contributed by atoms with van der Waals surface area (Å²) in [6.07, 6.45) is 11.3. The number of hydrogen-bond donors (Lipinski definition) is 0. The maximum absolute atomic E-state index is 5.75. The van der Waals surface area contributed by atoms with Crippen LogP contribution in [0.4, 0.5) is 0 Å². The molecular weight excluding hydrogens is 853 g/mol. The Bertz CT molecular complexity index is 4260. The van der Waals surface area contributed by atoms with E-state index in [4.69, 9.17) is 21.4 Å². The van der Waals surface area contributed by atoms with Crippen LogP contribution in [0.25, 0.3) is 122 Å². The van der Waals surface area contributed by atoms with Crippen molar-refractivity contribution in [3.05, 3.63) is 236 Å². The van der Waals surface area contributed by atoms with Gasteiger partial charge in [-0.15, -0.1) is 6.42 Å². The van der Waals surface area contributed by atoms with Gasteiger partial charge in [0.2, 0.25) is 0 Å². The van der Waals surface area contributed by atoms with Crippen molar-refractivity contribution in [2.45, 2.75) is 6.92 Å². The van der Waals surface area contributed by atoms with Crippen molar-refractivity contribution in [3.8, 4) is 63.3 Å². The molecule has 0 atom stereocenters. The average molecular weight is 895 g/mol. The standard InChI is InChI=1S/C64H42N6/c1-3-5-22-42(4-2)62-65-63(43-23-8-6-9-24-43)67-64(66-62)51-32-21-38-59(69-54-34-17-12-27-47(54)48-28-13-18-35-55(48)69)61(51)70-56-36-19-15-30-50(56)60-46(31-20-37-58(60)70)44-39-40-57-52(41-44)49-29-14-16-33-53(49)68(57)45-25-10-7-11-26-45/h1,4-41H,2H3/b22-5-,42-4+. The van der Waals surface area contributed by atoms with Gasteiger partial charge >= 0.3 is 0 Å². The first-order chi connectivity index (χ1) is 34.7. The number of aromatic nitrogens is 6. The van der Waals surface area contributed by atoms with Gasteiger partial charge in [-0.2, -0.15) is 0 Å². The van der Waals surface area contributed by atoms with Gasteiger partial charge in [-0.3, -0.25) is 0 Å². The van der Waals surface area contributed by atoms with Crippen molar-refractivity contribution >= 4 is 71.0 Å². The van der Waals surface area contributed by atoms with Gasteiger partial charge in [-0.1, -0.05) is 158 Å². The molecule has 6 nitrogen and oxygen atoms in total. The molecule has 0 aliphatic carbocycles. The summed E-state index contributed by atoms with van der Waals surface area (Å²) < 4.78 is 7.20. The van der Waals surface area contributed by atoms with Crippen LogP contribution in [-0.4, -0.2) is 28.7 Å². The fraction of sp³-hybridized carbons (Fsp3) is 0.0156. The fourth-order valence-corrected chi connectivity index (χ4v) is 10.6. The molecule has 328 valence electrons. The molecule has 0 amide bonds. The van der Waals surface area contributed by atoms with Crippen LogP contribution in [0.5, 0.6) is 0 Å². The third-order valence-electron chi connectivity index (χ3n) is 13.6. The lowest BCUT2D eigenvalue weighted by atomic mass is 9.98. The molecule has 0 aliphatic heterocycles. The summed E-state index contributed by atoms with van der Waals surface area (Å²) in [5.41, 5.74) is 14.5. The van der Waals surface area contributed by atoms with Crippen LogP contribution in [0.1, 0.15) is 12.7 Å². The van der Waals surface area contributed by atoms with Crippen molar-refractivity contribution in [3.63, 3.8) is 0 Å². The fourth-order valence-electron chi connectivity index (χ4n) is 10.6. The third kappa shape index (κ3) is 6.41. The Hall–Kier alpha value is -9.57. The lowest BCUT2D eigenvalue weighted by Crippen LogP contribution is -2.08. The molecule has 6 heteroatoms. The Morgan fingerprint density at radius 1 is 0.443 bits per heavy atom. The molecule has 4 aromatic heterocycles. The van der Waals surface area contributed by atoms with E-state index in [0.29, 0.717) is 17.5 Å². The second-order valence-electron chi connectivity index (χ2n) is 17.4. The minimum atomic E-state index is 0.527. The van der Waals surface area contributed by atoms with Crippen LogP contribution in [0.3, 0.4) is 0 Å². The van der Waals surface area contributed by atoms with E-state index in [1.54, 1.807) is 6.08 Å². The van der Waals surface area contributed by atoms with Crippen LogP contribution in [0, 0.1) is 12.3 Å². The lowest BCUT2D eigenvalue weighted by molar-refractivity contribution is 1.02. The van der Waals surface area contributed by atoms with Crippen LogP contribution >= 0.6 is 0 Å². The van der Waals surface area contributed by atoms with E-state index in [1.165, 1.54) is 27.1 Å². The van der Waals surface area contributed by atoms with E-state index in [0.717, 1.165) is 83.2 Å². The Balaban J connectivity index is 1.14. The first kappa shape index (κ1) is 40.7. The number of hydrogen-bond acceptors (Lipinski definition) is 3. The monoisotopic (exact) mass is 894 g/mol. The quantitative estimate of drug-likeness (QED) is 0.113. The van der Waals surface area contributed by atoms with Gasteiger partial charge in [0.15, 0.2) is 17.5 Å². The zero-order valence-corrected chi connectivity index (χ0v) is 38.2. The van der Waals surface area contributed by atoms with Gasteiger partial charge in [0.1, 0.15) is 0 Å². The Labute approximate surface area is 404 Å². The highest BCUT2D eigenvalue weighted by atomic mass is 15.1. The van der Waals surface area contributed by atoms with Crippen LogP contribution in [0.15, 0.2) is 231 Å². The summed E-state index contributed by atoms with van der Waals surface area (Å²) in [6.45, 7) is 1.98. The second-order valence-corrected chi connectivity index (χ2v) is 17.4. The number of nitrogens with zero attached hydrogens (tertiary/aromatic N) is 6. The SMILES string of the molecule is C#C/C=C\C(=C/C)c1nc(-c2ccccc2)nc(-c2cccc(-n3c4ccccc4c4ccccc43)c2-n2c3ccccc3c3c(-c4ccc5c(c4)c4ccccc4n5-c4ccccc4)cccc32)n1. The normalized spacial score (nSPS) is 12.1. The Kier molecular flexibility index (Phi) is 9.67. The Morgan fingerprint density at radius 3 is 1.67 bits per heavy atom. The molecule has 4 heterocycles. The predicted octanol–water partition coefficient (Wildman–Crippen LogP) is 15.8. The van der Waals surface area contributed by atoms with Crippen molar-refractivity contribution in [1.29, 1.82) is 0 Å². The van der Waals surface area contributed by atoms with Gasteiger partial charge in [0, 0.05) is 54.7 Å². The lowest BCUT2D eigenvalue weighted by Gasteiger charge is -2.20. The van der Waals surface area contributed by atoms with Crippen molar-refractivity contribution in [1.82, 2.24) is 28.7 Å². The van der Waals surface area contributed by atoms with Crippen LogP contribution in [-0.2, 0) is 0 Å². The summed E-state index contributed by atoms with van der Waals surface area (Å²) in [4.78, 5) is 15.8. The van der Waals surface area contributed by atoms with Crippen LogP contribution < -0.4 is 0 Å². The van der Waals surface area contributed by atoms with E-state index >= 15 is 0 Å². The molecule has 13 aromatic rings. The Morgan fingerprint density at radius 2 is 0.986 bits per heavy atom. The summed E-state index contributed by atoms with van der Waals surface area (Å²) in [7, 11) is 0. The minimum Gasteiger partial charge on any atom is -0.309 e. The van der Waals surface area contributed by atoms with Gasteiger partial charge in [0.05, 0.1) is 44.5 Å². The van der Waals surface area contributed by atoms with E-state index in [2.05, 4.69) is 202 Å². The van der Waals surface area contributed by atoms with E-state index in [-0.39, 0.29) is 0 Å². The number of fused-ring (bicyclic) bond motifs is 9. The number of para-hydroxylation sites is 6. The molecule has 0 radical (unpaired) electrons. The summed E-state index contributed by atoms with van der Waals surface area (Å²) in [6, 6.07) is 75.7. The van der Waals surface area contributed by atoms with E-state index in [1.807, 2.05) is 49.4 Å². The summed E-state index contributed by atoms with van der Waals surface area (Å²) >= 11 is 0. The molecule has 0 N–H and O–H groups in total. The van der Waals surface area contributed by atoms with Gasteiger partial charge in [-0.25, -0.2) is 15.0 Å². The topological polar surface area (TPSA) is 53.5 Å². The van der Waals surface area contributed by atoms with Crippen molar-refractivity contribution in [2.24, 2.45) is 0 Å². The van der Waals surface area contributed by atoms with Gasteiger partial charge in [-0.05, 0) is 96.9 Å². The molecule has 0 spiro atoms. The molecule has 0 fully saturated rings. The molecule has 13 rings (SSSR count). The van der Waals surface area contributed by atoms with Crippen molar-refractivity contribution < 1.29 is 0 Å². The van der Waals surface area contributed by atoms with Crippen LogP contribution in [0.2, 0.25) is 0 Å². The smallest absolute Gasteiger partial charge is 0.166 e. The maximum Gasteiger partial charge on any atom is 0.166 e. The first-order valence-corrected chi connectivity index (χ1v) is 23.5. The molecule has 0 bridgehead atoms. The molecule has 0 saturated heterocycles. The van der Waals surface area contributed by atoms with Gasteiger partial charge < -0.3 is 13.7 Å². The number of benzene rings is 9. The predicted molar refractivity (Wildman–Crippen MR) is 291 cm³/mol. The molecule has 0 unspecified atom stereocenters. The molecular formula is C64H42N6. The molecule has 9 aromatic carbocycles. The number of rotatable bonds is 8. The summed E-state index contributed by atoms with van der Waals surface area (Å²) in [5, 5.41) is 7.06. The maximum atomic E-state index is 5.75. The number of allylic oxidation sites excluding steroid dienone is 4. The molecule has 0 saturated carbocycles. The van der Waals surface area contributed by atoms with Crippen molar-refractivity contribution in [2.75, 3.05) is 0 Å². The minimum absolute atomic E-state index is 0.527. The highest BCUT2D eigenvalue weighted by Gasteiger charge is 2.26. The number of terminal acetylenes is 1. The zero-order chi connectivity index (χ0) is 46.7. The average Bonchev–Trinajstić information content (AvgIpc) is 4.07. The van der Waals surface area contributed by atoms with E-state index < -0.39 is 0 Å². The summed E-state index contributed by atoms with van der Waals surface area (Å²) in [5.74, 6) is 4.28. The highest BCUT2D eigenvalue weighted by Crippen LogP contribution is 2.45. The zero-order valence-electron chi connectivity index (χ0n) is 38.2. The highest BCUT2D eigenvalue weighted by molar-refractivity contribution is 6.18. The first-order valence-electron chi connectivity index (χ1n) is 23.5.